The van der Waals surface area contributed by atoms with Crippen LogP contribution in [0.3, 0.4) is 0 Å². The molecule has 1 aliphatic carbocycles. The summed E-state index contributed by atoms with van der Waals surface area (Å²) in [5.41, 5.74) is 1.90. The van der Waals surface area contributed by atoms with Gasteiger partial charge in [-0.3, -0.25) is 4.79 Å². The lowest BCUT2D eigenvalue weighted by Crippen LogP contribution is -2.51. The minimum absolute atomic E-state index is 0.181. The van der Waals surface area contributed by atoms with Crippen molar-refractivity contribution in [2.75, 3.05) is 20.6 Å². The summed E-state index contributed by atoms with van der Waals surface area (Å²) >= 11 is 0. The number of benzene rings is 2. The van der Waals surface area contributed by atoms with Crippen LogP contribution in [0.2, 0.25) is 0 Å². The Balaban J connectivity index is 1.58. The summed E-state index contributed by atoms with van der Waals surface area (Å²) in [5, 5.41) is 0. The van der Waals surface area contributed by atoms with Crippen LogP contribution in [0, 0.1) is 0 Å². The van der Waals surface area contributed by atoms with Crippen LogP contribution >= 0.6 is 0 Å². The van der Waals surface area contributed by atoms with Crippen LogP contribution in [0.25, 0.3) is 0 Å². The Morgan fingerprint density at radius 2 is 1.75 bits per heavy atom. The second kappa shape index (κ2) is 7.96. The van der Waals surface area contributed by atoms with E-state index in [2.05, 4.69) is 31.1 Å². The maximum atomic E-state index is 13.2. The van der Waals surface area contributed by atoms with E-state index in [9.17, 15) is 4.79 Å². The van der Waals surface area contributed by atoms with Crippen LogP contribution in [0.1, 0.15) is 36.8 Å². The second-order valence-electron chi connectivity index (χ2n) is 8.50. The van der Waals surface area contributed by atoms with Crippen molar-refractivity contribution >= 4 is 5.91 Å². The molecular weight excluding hydrogens is 348 g/mol. The van der Waals surface area contributed by atoms with E-state index < -0.39 is 0 Å². The Kier molecular flexibility index (Phi) is 5.40. The lowest BCUT2D eigenvalue weighted by atomic mass is 9.81. The third-order valence-corrected chi connectivity index (χ3v) is 6.29. The first-order valence-corrected chi connectivity index (χ1v) is 10.3. The molecule has 0 bridgehead atoms. The Labute approximate surface area is 168 Å². The number of carbonyl (C=O) groups is 1. The van der Waals surface area contributed by atoms with E-state index in [1.807, 2.05) is 47.4 Å². The molecule has 1 spiro atoms. The summed E-state index contributed by atoms with van der Waals surface area (Å²) in [6.07, 6.45) is 4.63. The summed E-state index contributed by atoms with van der Waals surface area (Å²) < 4.78 is 6.63. The Bertz CT molecular complexity index is 810. The number of hydrogen-bond acceptors (Lipinski definition) is 3. The van der Waals surface area contributed by atoms with E-state index in [0.29, 0.717) is 25.6 Å². The topological polar surface area (TPSA) is 32.8 Å². The zero-order valence-electron chi connectivity index (χ0n) is 16.9. The molecule has 1 amide bonds. The number of fused-ring (bicyclic) bond motifs is 1. The van der Waals surface area contributed by atoms with Gasteiger partial charge in [-0.1, -0.05) is 48.5 Å². The Morgan fingerprint density at radius 3 is 2.46 bits per heavy atom. The molecule has 148 valence electrons. The van der Waals surface area contributed by atoms with Gasteiger partial charge in [0.2, 0.25) is 5.91 Å². The van der Waals surface area contributed by atoms with Gasteiger partial charge in [-0.05, 0) is 51.4 Å². The minimum atomic E-state index is -0.272. The molecule has 1 aliphatic heterocycles. The summed E-state index contributed by atoms with van der Waals surface area (Å²) in [4.78, 5) is 17.5. The largest absolute Gasteiger partial charge is 0.485 e. The molecule has 1 fully saturated rings. The van der Waals surface area contributed by atoms with E-state index in [1.165, 1.54) is 0 Å². The molecule has 0 N–H and O–H groups in total. The van der Waals surface area contributed by atoms with Gasteiger partial charge in [0.25, 0.3) is 0 Å². The molecule has 28 heavy (non-hydrogen) atoms. The first-order valence-electron chi connectivity index (χ1n) is 10.3. The molecule has 0 saturated heterocycles. The molecule has 1 heterocycles. The lowest BCUT2D eigenvalue weighted by Gasteiger charge is -2.43. The molecule has 2 aromatic carbocycles. The van der Waals surface area contributed by atoms with E-state index in [4.69, 9.17) is 4.74 Å². The molecular formula is C24H30N2O2. The molecule has 1 saturated carbocycles. The average molecular weight is 379 g/mol. The fraction of sp³-hybridized carbons (Fsp3) is 0.458. The highest BCUT2D eigenvalue weighted by Gasteiger charge is 2.42. The minimum Gasteiger partial charge on any atom is -0.485 e. The molecule has 0 atom stereocenters. The molecule has 2 aromatic rings. The van der Waals surface area contributed by atoms with E-state index in [0.717, 1.165) is 42.6 Å². The van der Waals surface area contributed by atoms with Gasteiger partial charge in [0.05, 0.1) is 13.0 Å². The smallest absolute Gasteiger partial charge is 0.227 e. The number of carbonyl (C=O) groups excluding carboxylic acids is 1. The first-order chi connectivity index (χ1) is 13.5. The predicted octanol–water partition coefficient (Wildman–Crippen LogP) is 3.89. The maximum Gasteiger partial charge on any atom is 0.227 e. The average Bonchev–Trinajstić information content (AvgIpc) is 2.86. The summed E-state index contributed by atoms with van der Waals surface area (Å²) in [6, 6.07) is 18.8. The standard InChI is InChI=1S/C24H30N2O2/c1-25(2)21-12-14-24(15-13-21)18-26(17-20-10-6-7-11-22(20)28-24)23(27)16-19-8-4-3-5-9-19/h3-11,21H,12-18H2,1-2H3. The van der Waals surface area contributed by atoms with Crippen molar-refractivity contribution in [2.45, 2.75) is 50.3 Å². The van der Waals surface area contributed by atoms with Gasteiger partial charge in [-0.15, -0.1) is 0 Å². The van der Waals surface area contributed by atoms with Crippen LogP contribution in [0.15, 0.2) is 54.6 Å². The van der Waals surface area contributed by atoms with Crippen molar-refractivity contribution in [3.8, 4) is 5.75 Å². The fourth-order valence-electron chi connectivity index (χ4n) is 4.57. The Hall–Kier alpha value is -2.33. The van der Waals surface area contributed by atoms with Gasteiger partial charge >= 0.3 is 0 Å². The monoisotopic (exact) mass is 378 g/mol. The molecule has 4 rings (SSSR count). The van der Waals surface area contributed by atoms with Gasteiger partial charge in [-0.25, -0.2) is 0 Å². The lowest BCUT2D eigenvalue weighted by molar-refractivity contribution is -0.134. The van der Waals surface area contributed by atoms with E-state index in [-0.39, 0.29) is 11.5 Å². The third kappa shape index (κ3) is 4.07. The van der Waals surface area contributed by atoms with Crippen molar-refractivity contribution in [3.05, 3.63) is 65.7 Å². The van der Waals surface area contributed by atoms with E-state index >= 15 is 0 Å². The van der Waals surface area contributed by atoms with Crippen LogP contribution in [0.4, 0.5) is 0 Å². The van der Waals surface area contributed by atoms with Crippen LogP contribution in [0.5, 0.6) is 5.75 Å². The van der Waals surface area contributed by atoms with Crippen molar-refractivity contribution in [1.29, 1.82) is 0 Å². The molecule has 4 heteroatoms. The summed E-state index contributed by atoms with van der Waals surface area (Å²) in [5.74, 6) is 1.13. The number of amides is 1. The van der Waals surface area contributed by atoms with Crippen molar-refractivity contribution in [2.24, 2.45) is 0 Å². The fourth-order valence-corrected chi connectivity index (χ4v) is 4.57. The number of rotatable bonds is 3. The summed E-state index contributed by atoms with van der Waals surface area (Å²) in [7, 11) is 4.31. The van der Waals surface area contributed by atoms with Gasteiger partial charge in [0, 0.05) is 18.2 Å². The van der Waals surface area contributed by atoms with Gasteiger partial charge < -0.3 is 14.5 Å². The molecule has 0 unspecified atom stereocenters. The molecule has 0 aromatic heterocycles. The van der Waals surface area contributed by atoms with Crippen LogP contribution in [-0.2, 0) is 17.8 Å². The van der Waals surface area contributed by atoms with Crippen molar-refractivity contribution in [3.63, 3.8) is 0 Å². The second-order valence-corrected chi connectivity index (χ2v) is 8.50. The number of nitrogens with zero attached hydrogens (tertiary/aromatic N) is 2. The van der Waals surface area contributed by atoms with Gasteiger partial charge in [-0.2, -0.15) is 0 Å². The van der Waals surface area contributed by atoms with Crippen LogP contribution in [-0.4, -0.2) is 48.0 Å². The molecule has 2 aliphatic rings. The van der Waals surface area contributed by atoms with Crippen LogP contribution < -0.4 is 4.74 Å². The van der Waals surface area contributed by atoms with E-state index in [1.54, 1.807) is 0 Å². The maximum absolute atomic E-state index is 13.2. The normalized spacial score (nSPS) is 24.5. The molecule has 4 nitrogen and oxygen atoms in total. The quantitative estimate of drug-likeness (QED) is 0.812. The zero-order valence-corrected chi connectivity index (χ0v) is 16.9. The third-order valence-electron chi connectivity index (χ3n) is 6.29. The Morgan fingerprint density at radius 1 is 1.07 bits per heavy atom. The molecule has 0 radical (unpaired) electrons. The van der Waals surface area contributed by atoms with Gasteiger partial charge in [0.15, 0.2) is 0 Å². The van der Waals surface area contributed by atoms with Crippen molar-refractivity contribution in [1.82, 2.24) is 9.80 Å². The highest BCUT2D eigenvalue weighted by molar-refractivity contribution is 5.79. The SMILES string of the molecule is CN(C)C1CCC2(CC1)CN(C(=O)Cc1ccccc1)Cc1ccccc1O2. The first kappa shape index (κ1) is 19.0. The zero-order chi connectivity index (χ0) is 19.6. The number of hydrogen-bond donors (Lipinski definition) is 0. The number of ether oxygens (including phenoxy) is 1. The predicted molar refractivity (Wildman–Crippen MR) is 111 cm³/mol. The highest BCUT2D eigenvalue weighted by atomic mass is 16.5. The highest BCUT2D eigenvalue weighted by Crippen LogP contribution is 2.39. The van der Waals surface area contributed by atoms with Gasteiger partial charge in [0.1, 0.15) is 11.4 Å². The number of para-hydroxylation sites is 1. The van der Waals surface area contributed by atoms with Crippen molar-refractivity contribution < 1.29 is 9.53 Å². The summed E-state index contributed by atoms with van der Waals surface area (Å²) in [6.45, 7) is 1.30.